The quantitative estimate of drug-likeness (QED) is 0.630. The van der Waals surface area contributed by atoms with Crippen LogP contribution in [0.4, 0.5) is 8.78 Å². The molecule has 92 valence electrons. The number of rotatable bonds is 3. The molecule has 2 aromatic rings. The maximum absolute atomic E-state index is 13.5. The molecule has 0 aliphatic heterocycles. The molecule has 2 rings (SSSR count). The lowest BCUT2D eigenvalue weighted by Gasteiger charge is -2.04. The zero-order chi connectivity index (χ0) is 13.1. The van der Waals surface area contributed by atoms with Crippen molar-refractivity contribution in [1.29, 1.82) is 0 Å². The standard InChI is InChI=1S/C13H8ClF2NO/c14-10-6-11(15)9(5-12(10)16)13(18)4-8-2-1-3-17-7-8/h1-3,5-7H,4H2. The molecule has 0 aliphatic rings. The Labute approximate surface area is 107 Å². The number of pyridine rings is 1. The Bertz CT molecular complexity index is 587. The van der Waals surface area contributed by atoms with E-state index in [1.807, 2.05) is 0 Å². The third-order valence-electron chi connectivity index (χ3n) is 2.40. The lowest BCUT2D eigenvalue weighted by molar-refractivity contribution is 0.0988. The van der Waals surface area contributed by atoms with Gasteiger partial charge in [-0.3, -0.25) is 9.78 Å². The Morgan fingerprint density at radius 2 is 2.06 bits per heavy atom. The van der Waals surface area contributed by atoms with E-state index >= 15 is 0 Å². The molecule has 0 amide bonds. The molecule has 0 unspecified atom stereocenters. The minimum Gasteiger partial charge on any atom is -0.294 e. The number of ketones is 1. The van der Waals surface area contributed by atoms with E-state index in [1.54, 1.807) is 18.3 Å². The van der Waals surface area contributed by atoms with Crippen LogP contribution in [0.2, 0.25) is 5.02 Å². The number of carbonyl (C=O) groups is 1. The minimum absolute atomic E-state index is 0.0359. The topological polar surface area (TPSA) is 30.0 Å². The highest BCUT2D eigenvalue weighted by molar-refractivity contribution is 6.30. The highest BCUT2D eigenvalue weighted by atomic mass is 35.5. The van der Waals surface area contributed by atoms with Gasteiger partial charge < -0.3 is 0 Å². The zero-order valence-corrected chi connectivity index (χ0v) is 9.92. The van der Waals surface area contributed by atoms with Crippen LogP contribution in [-0.4, -0.2) is 10.8 Å². The number of carbonyl (C=O) groups excluding carboxylic acids is 1. The van der Waals surface area contributed by atoms with Gasteiger partial charge in [-0.05, 0) is 23.8 Å². The van der Waals surface area contributed by atoms with Crippen LogP contribution < -0.4 is 0 Å². The molecule has 0 saturated carbocycles. The maximum Gasteiger partial charge on any atom is 0.170 e. The fourth-order valence-electron chi connectivity index (χ4n) is 1.52. The fraction of sp³-hybridized carbons (Fsp3) is 0.0769. The summed E-state index contributed by atoms with van der Waals surface area (Å²) in [5, 5.41) is -0.342. The zero-order valence-electron chi connectivity index (χ0n) is 9.16. The number of hydrogen-bond donors (Lipinski definition) is 0. The van der Waals surface area contributed by atoms with Crippen LogP contribution in [0, 0.1) is 11.6 Å². The Morgan fingerprint density at radius 1 is 1.28 bits per heavy atom. The van der Waals surface area contributed by atoms with Gasteiger partial charge in [0.25, 0.3) is 0 Å². The molecule has 1 aromatic heterocycles. The van der Waals surface area contributed by atoms with E-state index in [9.17, 15) is 13.6 Å². The van der Waals surface area contributed by atoms with Crippen molar-refractivity contribution in [1.82, 2.24) is 4.98 Å². The van der Waals surface area contributed by atoms with Crippen LogP contribution in [0.5, 0.6) is 0 Å². The molecule has 0 bridgehead atoms. The Balaban J connectivity index is 2.27. The van der Waals surface area contributed by atoms with Gasteiger partial charge in [0.05, 0.1) is 10.6 Å². The molecule has 1 heterocycles. The van der Waals surface area contributed by atoms with E-state index in [1.165, 1.54) is 6.20 Å². The van der Waals surface area contributed by atoms with E-state index in [4.69, 9.17) is 11.6 Å². The summed E-state index contributed by atoms with van der Waals surface area (Å²) >= 11 is 5.41. The lowest BCUT2D eigenvalue weighted by atomic mass is 10.0. The summed E-state index contributed by atoms with van der Waals surface area (Å²) in [6.07, 6.45) is 3.03. The van der Waals surface area contributed by atoms with Gasteiger partial charge in [-0.1, -0.05) is 17.7 Å². The molecular weight excluding hydrogens is 260 g/mol. The minimum atomic E-state index is -0.824. The predicted molar refractivity (Wildman–Crippen MR) is 63.6 cm³/mol. The first-order valence-corrected chi connectivity index (χ1v) is 5.52. The van der Waals surface area contributed by atoms with Crippen LogP contribution in [0.3, 0.4) is 0 Å². The summed E-state index contributed by atoms with van der Waals surface area (Å²) in [4.78, 5) is 15.7. The molecule has 0 atom stereocenters. The molecule has 0 radical (unpaired) electrons. The summed E-state index contributed by atoms with van der Waals surface area (Å²) in [6.45, 7) is 0. The van der Waals surface area contributed by atoms with Gasteiger partial charge in [0.2, 0.25) is 0 Å². The summed E-state index contributed by atoms with van der Waals surface area (Å²) in [5.74, 6) is -2.15. The maximum atomic E-state index is 13.5. The second-order valence-electron chi connectivity index (χ2n) is 3.71. The van der Waals surface area contributed by atoms with Gasteiger partial charge >= 0.3 is 0 Å². The van der Waals surface area contributed by atoms with Crippen LogP contribution in [0.15, 0.2) is 36.7 Å². The number of halogens is 3. The molecule has 5 heteroatoms. The third kappa shape index (κ3) is 2.71. The highest BCUT2D eigenvalue weighted by Gasteiger charge is 2.15. The van der Waals surface area contributed by atoms with Crippen molar-refractivity contribution in [3.63, 3.8) is 0 Å². The van der Waals surface area contributed by atoms with E-state index in [0.717, 1.165) is 12.1 Å². The van der Waals surface area contributed by atoms with Gasteiger partial charge in [0.1, 0.15) is 11.6 Å². The monoisotopic (exact) mass is 267 g/mol. The molecule has 2 nitrogen and oxygen atoms in total. The molecule has 0 spiro atoms. The van der Waals surface area contributed by atoms with Crippen molar-refractivity contribution in [3.8, 4) is 0 Å². The Kier molecular flexibility index (Phi) is 3.67. The van der Waals surface area contributed by atoms with Gasteiger partial charge in [0, 0.05) is 18.8 Å². The lowest BCUT2D eigenvalue weighted by Crippen LogP contribution is -2.07. The first kappa shape index (κ1) is 12.6. The largest absolute Gasteiger partial charge is 0.294 e. The van der Waals surface area contributed by atoms with Gasteiger partial charge in [0.15, 0.2) is 5.78 Å². The summed E-state index contributed by atoms with van der Waals surface area (Å²) < 4.78 is 26.7. The van der Waals surface area contributed by atoms with Gasteiger partial charge in [-0.15, -0.1) is 0 Å². The fourth-order valence-corrected chi connectivity index (χ4v) is 1.67. The normalized spacial score (nSPS) is 10.4. The van der Waals surface area contributed by atoms with Crippen molar-refractivity contribution in [2.24, 2.45) is 0 Å². The molecule has 0 fully saturated rings. The number of hydrogen-bond acceptors (Lipinski definition) is 2. The van der Waals surface area contributed by atoms with Crippen LogP contribution in [0.25, 0.3) is 0 Å². The van der Waals surface area contributed by atoms with Crippen molar-refractivity contribution in [2.45, 2.75) is 6.42 Å². The van der Waals surface area contributed by atoms with Crippen molar-refractivity contribution >= 4 is 17.4 Å². The molecular formula is C13H8ClF2NO. The molecule has 0 N–H and O–H groups in total. The average Bonchev–Trinajstić information content (AvgIpc) is 2.35. The SMILES string of the molecule is O=C(Cc1cccnc1)c1cc(F)c(Cl)cc1F. The molecule has 1 aromatic carbocycles. The van der Waals surface area contributed by atoms with Gasteiger partial charge in [-0.2, -0.15) is 0 Å². The number of benzene rings is 1. The van der Waals surface area contributed by atoms with Crippen LogP contribution in [-0.2, 0) is 6.42 Å². The second-order valence-corrected chi connectivity index (χ2v) is 4.11. The molecule has 0 aliphatic carbocycles. The smallest absolute Gasteiger partial charge is 0.170 e. The van der Waals surface area contributed by atoms with Crippen molar-refractivity contribution in [2.75, 3.05) is 0 Å². The first-order chi connectivity index (χ1) is 8.58. The third-order valence-corrected chi connectivity index (χ3v) is 2.69. The van der Waals surface area contributed by atoms with E-state index in [2.05, 4.69) is 4.98 Å². The number of Topliss-reactive ketones (excluding diaryl/α,β-unsaturated/α-hetero) is 1. The van der Waals surface area contributed by atoms with Crippen LogP contribution in [0.1, 0.15) is 15.9 Å². The van der Waals surface area contributed by atoms with E-state index in [-0.39, 0.29) is 17.0 Å². The average molecular weight is 268 g/mol. The highest BCUT2D eigenvalue weighted by Crippen LogP contribution is 2.20. The Hall–Kier alpha value is -1.81. The van der Waals surface area contributed by atoms with E-state index in [0.29, 0.717) is 5.56 Å². The second kappa shape index (κ2) is 5.23. The Morgan fingerprint density at radius 3 is 2.72 bits per heavy atom. The van der Waals surface area contributed by atoms with Gasteiger partial charge in [-0.25, -0.2) is 8.78 Å². The van der Waals surface area contributed by atoms with E-state index < -0.39 is 17.4 Å². The summed E-state index contributed by atoms with van der Waals surface area (Å²) in [6, 6.07) is 4.97. The predicted octanol–water partition coefficient (Wildman–Crippen LogP) is 3.44. The number of nitrogens with zero attached hydrogens (tertiary/aromatic N) is 1. The first-order valence-electron chi connectivity index (χ1n) is 5.14. The molecule has 18 heavy (non-hydrogen) atoms. The number of aromatic nitrogens is 1. The molecule has 0 saturated heterocycles. The summed E-state index contributed by atoms with van der Waals surface area (Å²) in [5.41, 5.74) is 0.331. The van der Waals surface area contributed by atoms with Crippen LogP contribution >= 0.6 is 11.6 Å². The summed E-state index contributed by atoms with van der Waals surface area (Å²) in [7, 11) is 0. The van der Waals surface area contributed by atoms with Crippen molar-refractivity contribution in [3.05, 3.63) is 64.4 Å². The van der Waals surface area contributed by atoms with Crippen molar-refractivity contribution < 1.29 is 13.6 Å².